The molecular weight excluding hydrogens is 306 g/mol. The Hall–Kier alpha value is -3.55. The van der Waals surface area contributed by atoms with Crippen molar-refractivity contribution < 1.29 is 24.7 Å². The number of phenols is 3. The van der Waals surface area contributed by atoms with E-state index in [1.807, 2.05) is 0 Å². The van der Waals surface area contributed by atoms with Crippen LogP contribution in [0, 0.1) is 10.1 Å². The van der Waals surface area contributed by atoms with Crippen molar-refractivity contribution in [2.75, 3.05) is 0 Å². The highest BCUT2D eigenvalue weighted by atomic mass is 16.6. The number of nitro groups is 1. The lowest BCUT2D eigenvalue weighted by atomic mass is 10.1. The molecule has 0 fully saturated rings. The van der Waals surface area contributed by atoms with Crippen LogP contribution in [0.5, 0.6) is 17.2 Å². The summed E-state index contributed by atoms with van der Waals surface area (Å²) in [5.74, 6) is -2.13. The van der Waals surface area contributed by atoms with Crippen LogP contribution in [-0.2, 0) is 0 Å². The first-order valence-corrected chi connectivity index (χ1v) is 6.35. The van der Waals surface area contributed by atoms with Crippen molar-refractivity contribution >= 4 is 16.7 Å². The highest BCUT2D eigenvalue weighted by molar-refractivity contribution is 5.89. The second-order valence-corrected chi connectivity index (χ2v) is 4.74. The number of hydrogen-bond acceptors (Lipinski definition) is 7. The largest absolute Gasteiger partial charge is 0.504 e. The molecule has 1 heterocycles. The number of benzene rings is 2. The molecule has 0 aliphatic heterocycles. The molecule has 3 aromatic rings. The molecule has 3 N–H and O–H groups in total. The summed E-state index contributed by atoms with van der Waals surface area (Å²) in [5.41, 5.74) is -0.468. The van der Waals surface area contributed by atoms with Crippen molar-refractivity contribution in [2.45, 2.75) is 0 Å². The number of nitrogens with zero attached hydrogens (tertiary/aromatic N) is 1. The number of nitro benzene ring substituents is 1. The average Bonchev–Trinajstić information content (AvgIpc) is 2.52. The molecule has 0 radical (unpaired) electrons. The van der Waals surface area contributed by atoms with Gasteiger partial charge in [0.1, 0.15) is 16.7 Å². The maximum absolute atomic E-state index is 12.1. The van der Waals surface area contributed by atoms with E-state index in [-0.39, 0.29) is 22.4 Å². The summed E-state index contributed by atoms with van der Waals surface area (Å²) in [6.07, 6.45) is 0. The summed E-state index contributed by atoms with van der Waals surface area (Å²) in [5, 5.41) is 39.1. The highest BCUT2D eigenvalue weighted by Crippen LogP contribution is 2.40. The molecule has 0 aliphatic carbocycles. The molecule has 23 heavy (non-hydrogen) atoms. The zero-order valence-corrected chi connectivity index (χ0v) is 11.4. The van der Waals surface area contributed by atoms with Crippen molar-refractivity contribution in [3.05, 3.63) is 56.7 Å². The Morgan fingerprint density at radius 3 is 2.26 bits per heavy atom. The normalized spacial score (nSPS) is 10.8. The van der Waals surface area contributed by atoms with Gasteiger partial charge < -0.3 is 19.7 Å². The van der Waals surface area contributed by atoms with E-state index in [4.69, 9.17) is 4.42 Å². The van der Waals surface area contributed by atoms with Crippen molar-refractivity contribution in [2.24, 2.45) is 0 Å². The summed E-state index contributed by atoms with van der Waals surface area (Å²) >= 11 is 0. The number of fused-ring (bicyclic) bond motifs is 1. The minimum Gasteiger partial charge on any atom is -0.504 e. The molecule has 8 heteroatoms. The van der Waals surface area contributed by atoms with Crippen LogP contribution in [0.3, 0.4) is 0 Å². The van der Waals surface area contributed by atoms with Gasteiger partial charge in [0.2, 0.25) is 5.75 Å². The molecule has 3 rings (SSSR count). The number of hydrogen-bond donors (Lipinski definition) is 3. The molecule has 116 valence electrons. The Labute approximate surface area is 127 Å². The van der Waals surface area contributed by atoms with Gasteiger partial charge in [-0.25, -0.2) is 0 Å². The van der Waals surface area contributed by atoms with E-state index in [0.717, 1.165) is 12.1 Å². The van der Waals surface area contributed by atoms with Gasteiger partial charge in [0.25, 0.3) is 5.69 Å². The third-order valence-corrected chi connectivity index (χ3v) is 3.31. The van der Waals surface area contributed by atoms with Crippen molar-refractivity contribution in [1.82, 2.24) is 0 Å². The Balaban J connectivity index is 2.22. The zero-order chi connectivity index (χ0) is 16.7. The first-order chi connectivity index (χ1) is 10.9. The standard InChI is InChI=1S/C15H9NO7/c17-9-5-11(7-1-3-8(4-2-7)16(21)22)23-12-6-10(18)14(19)15(20)13(9)12/h1-6,18-20H. The molecule has 8 nitrogen and oxygen atoms in total. The van der Waals surface area contributed by atoms with Gasteiger partial charge in [-0.15, -0.1) is 0 Å². The minimum absolute atomic E-state index is 0.0990. The zero-order valence-electron chi connectivity index (χ0n) is 11.4. The van der Waals surface area contributed by atoms with Gasteiger partial charge in [-0.2, -0.15) is 0 Å². The van der Waals surface area contributed by atoms with Gasteiger partial charge in [0, 0.05) is 29.8 Å². The topological polar surface area (TPSA) is 134 Å². The monoisotopic (exact) mass is 315 g/mol. The lowest BCUT2D eigenvalue weighted by molar-refractivity contribution is -0.384. The maximum Gasteiger partial charge on any atom is 0.269 e. The molecule has 0 saturated carbocycles. The van der Waals surface area contributed by atoms with Crippen LogP contribution in [0.4, 0.5) is 5.69 Å². The maximum atomic E-state index is 12.1. The van der Waals surface area contributed by atoms with Crippen molar-refractivity contribution in [3.8, 4) is 28.6 Å². The second-order valence-electron chi connectivity index (χ2n) is 4.74. The Morgan fingerprint density at radius 2 is 1.65 bits per heavy atom. The van der Waals surface area contributed by atoms with E-state index >= 15 is 0 Å². The number of rotatable bonds is 2. The summed E-state index contributed by atoms with van der Waals surface area (Å²) in [4.78, 5) is 22.2. The highest BCUT2D eigenvalue weighted by Gasteiger charge is 2.17. The average molecular weight is 315 g/mol. The molecule has 0 saturated heterocycles. The summed E-state index contributed by atoms with van der Waals surface area (Å²) in [6.45, 7) is 0. The van der Waals surface area contributed by atoms with E-state index in [9.17, 15) is 30.2 Å². The van der Waals surface area contributed by atoms with Gasteiger partial charge in [-0.05, 0) is 12.1 Å². The molecule has 1 aromatic heterocycles. The SMILES string of the molecule is O=c1cc(-c2ccc([N+](=O)[O-])cc2)oc2cc(O)c(O)c(O)c12. The lowest BCUT2D eigenvalue weighted by Crippen LogP contribution is -2.01. The van der Waals surface area contributed by atoms with Crippen molar-refractivity contribution in [3.63, 3.8) is 0 Å². The van der Waals surface area contributed by atoms with E-state index < -0.39 is 27.6 Å². The van der Waals surface area contributed by atoms with Gasteiger partial charge in [-0.3, -0.25) is 14.9 Å². The smallest absolute Gasteiger partial charge is 0.269 e. The van der Waals surface area contributed by atoms with Crippen LogP contribution in [0.2, 0.25) is 0 Å². The van der Waals surface area contributed by atoms with Gasteiger partial charge in [0.15, 0.2) is 16.9 Å². The fraction of sp³-hybridized carbons (Fsp3) is 0. The van der Waals surface area contributed by atoms with Crippen LogP contribution < -0.4 is 5.43 Å². The third-order valence-electron chi connectivity index (χ3n) is 3.31. The lowest BCUT2D eigenvalue weighted by Gasteiger charge is -2.07. The Kier molecular flexibility index (Phi) is 3.14. The number of non-ortho nitro benzene ring substituents is 1. The quantitative estimate of drug-likeness (QED) is 0.375. The molecule has 2 aromatic carbocycles. The summed E-state index contributed by atoms with van der Waals surface area (Å²) < 4.78 is 5.44. The van der Waals surface area contributed by atoms with Gasteiger partial charge >= 0.3 is 0 Å². The van der Waals surface area contributed by atoms with E-state index in [2.05, 4.69) is 0 Å². The minimum atomic E-state index is -0.812. The fourth-order valence-electron chi connectivity index (χ4n) is 2.17. The van der Waals surface area contributed by atoms with E-state index in [1.54, 1.807) is 0 Å². The molecule has 0 atom stereocenters. The Morgan fingerprint density at radius 1 is 1.00 bits per heavy atom. The van der Waals surface area contributed by atoms with Crippen LogP contribution in [-0.4, -0.2) is 20.2 Å². The van der Waals surface area contributed by atoms with Gasteiger partial charge in [0.05, 0.1) is 4.92 Å². The van der Waals surface area contributed by atoms with Crippen LogP contribution in [0.15, 0.2) is 45.6 Å². The predicted octanol–water partition coefficient (Wildman–Crippen LogP) is 2.49. The van der Waals surface area contributed by atoms with Crippen molar-refractivity contribution in [1.29, 1.82) is 0 Å². The predicted molar refractivity (Wildman–Crippen MR) is 79.6 cm³/mol. The van der Waals surface area contributed by atoms with Crippen LogP contribution in [0.25, 0.3) is 22.3 Å². The van der Waals surface area contributed by atoms with Crippen LogP contribution in [0.1, 0.15) is 0 Å². The fourth-order valence-corrected chi connectivity index (χ4v) is 2.17. The third kappa shape index (κ3) is 2.31. The van der Waals surface area contributed by atoms with E-state index in [1.165, 1.54) is 24.3 Å². The van der Waals surface area contributed by atoms with Crippen LogP contribution >= 0.6 is 0 Å². The number of aromatic hydroxyl groups is 3. The Bertz CT molecular complexity index is 989. The molecule has 0 amide bonds. The molecule has 0 bridgehead atoms. The molecule has 0 spiro atoms. The van der Waals surface area contributed by atoms with E-state index in [0.29, 0.717) is 5.56 Å². The molecule has 0 unspecified atom stereocenters. The summed E-state index contributed by atoms with van der Waals surface area (Å²) in [6, 6.07) is 7.40. The summed E-state index contributed by atoms with van der Waals surface area (Å²) in [7, 11) is 0. The second kappa shape index (κ2) is 5.02. The molecule has 0 aliphatic rings. The number of phenolic OH excluding ortho intramolecular Hbond substituents is 3. The van der Waals surface area contributed by atoms with Gasteiger partial charge in [-0.1, -0.05) is 0 Å². The molecular formula is C15H9NO7. The first-order valence-electron chi connectivity index (χ1n) is 6.35. The first kappa shape index (κ1) is 14.4.